The van der Waals surface area contributed by atoms with Crippen LogP contribution in [-0.2, 0) is 0 Å². The second-order valence-electron chi connectivity index (χ2n) is 22.5. The Morgan fingerprint density at radius 1 is 0.433 bits per heavy atom. The fraction of sp³-hybridized carbons (Fsp3) is 0.905. The normalized spacial score (nSPS) is 15.0. The molecule has 396 valence electrons. The second-order valence-corrected chi connectivity index (χ2v) is 22.5. The lowest BCUT2D eigenvalue weighted by atomic mass is 9.86. The first-order valence-corrected chi connectivity index (χ1v) is 30.7. The Morgan fingerprint density at radius 3 is 1.34 bits per heavy atom. The van der Waals surface area contributed by atoms with E-state index >= 15 is 0 Å². The maximum Gasteiger partial charge on any atom is 0.0912 e. The van der Waals surface area contributed by atoms with E-state index < -0.39 is 0 Å². The van der Waals surface area contributed by atoms with Gasteiger partial charge in [-0.25, -0.2) is 0 Å². The van der Waals surface area contributed by atoms with Crippen molar-refractivity contribution in [1.29, 1.82) is 0 Å². The smallest absolute Gasteiger partial charge is 0.0912 e. The summed E-state index contributed by atoms with van der Waals surface area (Å²) in [5.41, 5.74) is 3.13. The second kappa shape index (κ2) is 49.7. The van der Waals surface area contributed by atoms with E-state index in [1.54, 1.807) is 5.57 Å². The van der Waals surface area contributed by atoms with Crippen molar-refractivity contribution < 1.29 is 0 Å². The summed E-state index contributed by atoms with van der Waals surface area (Å²) in [5.74, 6) is 2.71. The summed E-state index contributed by atoms with van der Waals surface area (Å²) < 4.78 is 0. The molecule has 4 nitrogen and oxygen atoms in total. The van der Waals surface area contributed by atoms with E-state index in [1.807, 2.05) is 0 Å². The average molecular weight is 938 g/mol. The van der Waals surface area contributed by atoms with Crippen molar-refractivity contribution in [3.63, 3.8) is 0 Å². The minimum absolute atomic E-state index is 0.779. The Hall–Kier alpha value is -1.26. The molecule has 0 aromatic carbocycles. The lowest BCUT2D eigenvalue weighted by molar-refractivity contribution is 0.261. The Balaban J connectivity index is 2.38. The molecule has 1 fully saturated rings. The van der Waals surface area contributed by atoms with E-state index in [1.165, 1.54) is 301 Å². The predicted octanol–water partition coefficient (Wildman–Crippen LogP) is 19.5. The van der Waals surface area contributed by atoms with Crippen LogP contribution in [0.5, 0.6) is 0 Å². The molecule has 0 aromatic rings. The van der Waals surface area contributed by atoms with Gasteiger partial charge in [0.25, 0.3) is 0 Å². The molecule has 0 bridgehead atoms. The molecule has 1 saturated carbocycles. The van der Waals surface area contributed by atoms with Crippen LogP contribution in [0.25, 0.3) is 0 Å². The minimum atomic E-state index is 0.779. The average Bonchev–Trinajstić information content (AvgIpc) is 3.33. The third-order valence-corrected chi connectivity index (χ3v) is 15.6. The predicted molar refractivity (Wildman–Crippen MR) is 305 cm³/mol. The molecular formula is C63H124N4. The molecule has 2 N–H and O–H groups in total. The van der Waals surface area contributed by atoms with Gasteiger partial charge in [-0.2, -0.15) is 0 Å². The maximum absolute atomic E-state index is 4.70. The molecule has 0 radical (unpaired) electrons. The quantitative estimate of drug-likeness (QED) is 0.0470. The zero-order valence-corrected chi connectivity index (χ0v) is 46.7. The number of hydrogen-bond acceptors (Lipinski definition) is 4. The van der Waals surface area contributed by atoms with Crippen molar-refractivity contribution in [1.82, 2.24) is 20.4 Å². The number of unbranched alkanes of at least 4 members (excludes halogenated alkanes) is 20. The fourth-order valence-electron chi connectivity index (χ4n) is 10.9. The number of allylic oxidation sites excluding steroid dienone is 2. The molecule has 1 rings (SSSR count). The molecule has 0 spiro atoms. The Kier molecular flexibility index (Phi) is 47.3. The number of nitrogens with zero attached hydrogens (tertiary/aromatic N) is 2. The topological polar surface area (TPSA) is 30.5 Å². The summed E-state index contributed by atoms with van der Waals surface area (Å²) in [6.45, 7) is 24.9. The van der Waals surface area contributed by atoms with Crippen LogP contribution in [0.4, 0.5) is 0 Å². The molecule has 0 aliphatic heterocycles. The highest BCUT2D eigenvalue weighted by atomic mass is 15.2. The first kappa shape index (κ1) is 63.8. The number of rotatable bonds is 45. The van der Waals surface area contributed by atoms with Crippen molar-refractivity contribution >= 4 is 0 Å². The van der Waals surface area contributed by atoms with Crippen LogP contribution in [0.3, 0.4) is 0 Å². The van der Waals surface area contributed by atoms with Crippen LogP contribution in [0.1, 0.15) is 303 Å². The molecule has 67 heavy (non-hydrogen) atoms. The van der Waals surface area contributed by atoms with Gasteiger partial charge >= 0.3 is 0 Å². The molecule has 4 heteroatoms. The van der Waals surface area contributed by atoms with Crippen molar-refractivity contribution in [2.45, 2.75) is 303 Å². The highest BCUT2D eigenvalue weighted by Crippen LogP contribution is 2.29. The molecule has 1 aliphatic carbocycles. The first-order chi connectivity index (χ1) is 32.8. The first-order valence-electron chi connectivity index (χ1n) is 30.7. The highest BCUT2D eigenvalue weighted by molar-refractivity contribution is 5.00. The van der Waals surface area contributed by atoms with Crippen LogP contribution >= 0.6 is 0 Å². The van der Waals surface area contributed by atoms with E-state index in [0.717, 1.165) is 50.3 Å². The van der Waals surface area contributed by atoms with Gasteiger partial charge < -0.3 is 20.4 Å². The molecule has 0 aromatic heterocycles. The van der Waals surface area contributed by atoms with Crippen LogP contribution < -0.4 is 10.6 Å². The van der Waals surface area contributed by atoms with E-state index in [2.05, 4.69) is 61.5 Å². The summed E-state index contributed by atoms with van der Waals surface area (Å²) in [7, 11) is 4.29. The van der Waals surface area contributed by atoms with Crippen LogP contribution in [0.2, 0.25) is 0 Å². The van der Waals surface area contributed by atoms with Gasteiger partial charge in [0.2, 0.25) is 0 Å². The summed E-state index contributed by atoms with van der Waals surface area (Å²) in [6, 6.07) is 0. The molecule has 0 saturated heterocycles. The Bertz CT molecular complexity index is 1030. The minimum Gasteiger partial charge on any atom is -0.372 e. The van der Waals surface area contributed by atoms with E-state index in [4.69, 9.17) is 6.58 Å². The van der Waals surface area contributed by atoms with E-state index in [9.17, 15) is 0 Å². The molecule has 1 aliphatic rings. The molecule has 0 unspecified atom stereocenters. The summed E-state index contributed by atoms with van der Waals surface area (Å²) in [4.78, 5) is 5.00. The number of nitrogens with one attached hydrogen (secondary N) is 2. The van der Waals surface area contributed by atoms with Crippen LogP contribution in [-0.4, -0.2) is 63.2 Å². The number of hydrogen-bond donors (Lipinski definition) is 2. The summed E-state index contributed by atoms with van der Waals surface area (Å²) >= 11 is 0. The fourth-order valence-corrected chi connectivity index (χ4v) is 10.9. The van der Waals surface area contributed by atoms with Gasteiger partial charge in [-0.1, -0.05) is 263 Å². The molecule has 0 amide bonds. The lowest BCUT2D eigenvalue weighted by Crippen LogP contribution is -2.36. The molecule has 0 heterocycles. The molecule has 0 atom stereocenters. The van der Waals surface area contributed by atoms with Gasteiger partial charge in [0, 0.05) is 19.6 Å². The SMILES string of the molecule is C=C(CCCCCCCN(CCCCCCCCCC(=C)C(CCCCCCCC)CCCCCCCC)CCNC(=C)NCCCN(C)C)CCC1CCCCCCCCCCCCCC1. The third-order valence-electron chi connectivity index (χ3n) is 15.6. The Labute approximate surface area is 423 Å². The highest BCUT2D eigenvalue weighted by Gasteiger charge is 2.14. The van der Waals surface area contributed by atoms with Gasteiger partial charge in [-0.05, 0) is 116 Å². The van der Waals surface area contributed by atoms with Crippen molar-refractivity contribution in [3.05, 3.63) is 36.7 Å². The Morgan fingerprint density at radius 2 is 0.851 bits per heavy atom. The zero-order valence-electron chi connectivity index (χ0n) is 46.7. The van der Waals surface area contributed by atoms with Gasteiger partial charge in [0.15, 0.2) is 0 Å². The van der Waals surface area contributed by atoms with Crippen LogP contribution in [0.15, 0.2) is 36.7 Å². The summed E-state index contributed by atoms with van der Waals surface area (Å²) in [5, 5.41) is 7.09. The van der Waals surface area contributed by atoms with Gasteiger partial charge in [0.05, 0.1) is 5.82 Å². The van der Waals surface area contributed by atoms with E-state index in [-0.39, 0.29) is 0 Å². The van der Waals surface area contributed by atoms with Crippen molar-refractivity contribution in [2.75, 3.05) is 53.4 Å². The standard InChI is InChI=1S/C63H124N4/c1-8-10-12-14-32-40-49-63(50-41-33-15-13-11-9-2)60(4)46-37-29-23-22-26-34-42-56-67(58-54-65-61(5)64-53-44-55-66(6)7)57-43-35-27-28-36-45-59(3)51-52-62-47-38-30-24-20-18-16-17-19-21-25-31-39-48-62/h62-65H,3-5,8-58H2,1-2,6-7H3. The van der Waals surface area contributed by atoms with Gasteiger partial charge in [-0.3, -0.25) is 0 Å². The van der Waals surface area contributed by atoms with Crippen molar-refractivity contribution in [3.8, 4) is 0 Å². The van der Waals surface area contributed by atoms with Crippen molar-refractivity contribution in [2.24, 2.45) is 11.8 Å². The van der Waals surface area contributed by atoms with Gasteiger partial charge in [0.1, 0.15) is 0 Å². The summed E-state index contributed by atoms with van der Waals surface area (Å²) in [6.07, 6.45) is 63.1. The zero-order chi connectivity index (χ0) is 48.5. The lowest BCUT2D eigenvalue weighted by Gasteiger charge is -2.23. The largest absolute Gasteiger partial charge is 0.372 e. The van der Waals surface area contributed by atoms with Crippen LogP contribution in [0, 0.1) is 11.8 Å². The van der Waals surface area contributed by atoms with Gasteiger partial charge in [-0.15, -0.1) is 0 Å². The monoisotopic (exact) mass is 937 g/mol. The molecular weight excluding hydrogens is 813 g/mol. The third kappa shape index (κ3) is 44.4. The van der Waals surface area contributed by atoms with E-state index in [0.29, 0.717) is 0 Å². The maximum atomic E-state index is 4.70.